The number of anilines is 1. The van der Waals surface area contributed by atoms with Crippen LogP contribution in [0.25, 0.3) is 11.3 Å². The molecule has 0 aliphatic carbocycles. The summed E-state index contributed by atoms with van der Waals surface area (Å²) in [5, 5.41) is 3.68. The number of nitrogens with one attached hydrogen (secondary N) is 1. The molecule has 2 aliphatic rings. The molecule has 0 radical (unpaired) electrons. The van der Waals surface area contributed by atoms with Crippen molar-refractivity contribution in [2.75, 3.05) is 25.5 Å². The van der Waals surface area contributed by atoms with E-state index in [1.165, 1.54) is 13.2 Å². The van der Waals surface area contributed by atoms with Gasteiger partial charge in [0.05, 0.1) is 30.5 Å². The smallest absolute Gasteiger partial charge is 0.230 e. The third kappa shape index (κ3) is 4.81. The highest BCUT2D eigenvalue weighted by atomic mass is 19.1. The van der Waals surface area contributed by atoms with Crippen LogP contribution in [0.15, 0.2) is 24.4 Å². The number of nitrogens with zero attached hydrogens (tertiary/aromatic N) is 5. The highest BCUT2D eigenvalue weighted by molar-refractivity contribution is 5.84. The third-order valence-electron chi connectivity index (χ3n) is 7.78. The maximum Gasteiger partial charge on any atom is 0.230 e. The second kappa shape index (κ2) is 9.93. The summed E-state index contributed by atoms with van der Waals surface area (Å²) >= 11 is 0. The Bertz CT molecular complexity index is 1390. The molecular formula is C29H35FN6O2. The molecule has 5 heterocycles. The number of hydrogen-bond donors (Lipinski definition) is 1. The summed E-state index contributed by atoms with van der Waals surface area (Å²) in [5.41, 5.74) is 5.00. The van der Waals surface area contributed by atoms with Crippen molar-refractivity contribution in [2.24, 2.45) is 0 Å². The molecular weight excluding hydrogens is 483 g/mol. The zero-order valence-corrected chi connectivity index (χ0v) is 22.9. The van der Waals surface area contributed by atoms with Gasteiger partial charge in [-0.25, -0.2) is 24.3 Å². The second-order valence-corrected chi connectivity index (χ2v) is 10.9. The van der Waals surface area contributed by atoms with Gasteiger partial charge in [0.1, 0.15) is 17.5 Å². The van der Waals surface area contributed by atoms with Crippen molar-refractivity contribution >= 4 is 11.7 Å². The Morgan fingerprint density at radius 1 is 1.13 bits per heavy atom. The van der Waals surface area contributed by atoms with E-state index in [1.807, 2.05) is 24.8 Å². The molecule has 0 aromatic carbocycles. The van der Waals surface area contributed by atoms with Gasteiger partial charge in [-0.3, -0.25) is 4.79 Å². The number of fused-ring (bicyclic) bond motifs is 1. The molecule has 9 heteroatoms. The molecule has 0 bridgehead atoms. The Kier molecular flexibility index (Phi) is 6.79. The van der Waals surface area contributed by atoms with Gasteiger partial charge >= 0.3 is 0 Å². The van der Waals surface area contributed by atoms with E-state index >= 15 is 0 Å². The van der Waals surface area contributed by atoms with Crippen molar-refractivity contribution in [1.29, 1.82) is 0 Å². The fraction of sp³-hybridized carbons (Fsp3) is 0.483. The number of pyridine rings is 2. The van der Waals surface area contributed by atoms with Crippen LogP contribution in [0.2, 0.25) is 0 Å². The molecule has 1 spiro atoms. The Morgan fingerprint density at radius 3 is 2.66 bits per heavy atom. The average molecular weight is 519 g/mol. The van der Waals surface area contributed by atoms with E-state index in [9.17, 15) is 9.18 Å². The van der Waals surface area contributed by atoms with Crippen LogP contribution in [0.3, 0.4) is 0 Å². The van der Waals surface area contributed by atoms with E-state index in [0.717, 1.165) is 65.3 Å². The molecule has 0 saturated carbocycles. The van der Waals surface area contributed by atoms with Crippen LogP contribution < -0.4 is 10.1 Å². The molecule has 1 saturated heterocycles. The molecule has 1 amide bonds. The van der Waals surface area contributed by atoms with Gasteiger partial charge in [-0.2, -0.15) is 0 Å². The highest BCUT2D eigenvalue weighted by Gasteiger charge is 2.43. The van der Waals surface area contributed by atoms with E-state index in [1.54, 1.807) is 6.92 Å². The molecule has 5 rings (SSSR count). The number of carbonyl (C=O) groups excluding carboxylic acids is 1. The fourth-order valence-corrected chi connectivity index (χ4v) is 5.53. The lowest BCUT2D eigenvalue weighted by Gasteiger charge is -2.36. The molecule has 0 unspecified atom stereocenters. The first-order valence-corrected chi connectivity index (χ1v) is 13.2. The van der Waals surface area contributed by atoms with Crippen LogP contribution in [-0.4, -0.2) is 56.5 Å². The van der Waals surface area contributed by atoms with Crippen LogP contribution in [0.5, 0.6) is 5.88 Å². The molecule has 1 fully saturated rings. The number of methoxy groups -OCH3 is 1. The van der Waals surface area contributed by atoms with Gasteiger partial charge in [0.2, 0.25) is 11.8 Å². The number of aryl methyl sites for hydroxylation is 3. The SMILES string of the molecule is COc1cc([C@@H](C)C(=O)N2CC[C@@]3(CCc4cc(-c5cc(C)nc(C(C)C)n5)c(C)nc4N3)C2)c(F)cn1. The number of carbonyl (C=O) groups is 1. The van der Waals surface area contributed by atoms with Crippen molar-refractivity contribution in [3.8, 4) is 17.1 Å². The summed E-state index contributed by atoms with van der Waals surface area (Å²) in [5.74, 6) is 1.02. The van der Waals surface area contributed by atoms with E-state index in [2.05, 4.69) is 35.2 Å². The first kappa shape index (κ1) is 26.0. The lowest BCUT2D eigenvalue weighted by Crippen LogP contribution is -2.46. The van der Waals surface area contributed by atoms with Crippen molar-refractivity contribution in [3.63, 3.8) is 0 Å². The summed E-state index contributed by atoms with van der Waals surface area (Å²) in [7, 11) is 1.48. The van der Waals surface area contributed by atoms with Crippen LogP contribution in [0.4, 0.5) is 10.2 Å². The largest absolute Gasteiger partial charge is 0.481 e. The number of ether oxygens (including phenoxy) is 1. The van der Waals surface area contributed by atoms with Crippen LogP contribution in [0.1, 0.15) is 73.8 Å². The van der Waals surface area contributed by atoms with Crippen molar-refractivity contribution in [3.05, 3.63) is 58.6 Å². The number of rotatable bonds is 5. The second-order valence-electron chi connectivity index (χ2n) is 10.9. The number of hydrogen-bond acceptors (Lipinski definition) is 7. The molecule has 38 heavy (non-hydrogen) atoms. The third-order valence-corrected chi connectivity index (χ3v) is 7.78. The van der Waals surface area contributed by atoms with Gasteiger partial charge in [0, 0.05) is 47.6 Å². The molecule has 3 aromatic heterocycles. The Labute approximate surface area is 223 Å². The number of amides is 1. The monoisotopic (exact) mass is 518 g/mol. The Hall–Kier alpha value is -3.62. The predicted octanol–water partition coefficient (Wildman–Crippen LogP) is 4.95. The zero-order valence-electron chi connectivity index (χ0n) is 22.9. The maximum absolute atomic E-state index is 14.5. The average Bonchev–Trinajstić information content (AvgIpc) is 3.30. The van der Waals surface area contributed by atoms with Gasteiger partial charge in [-0.1, -0.05) is 13.8 Å². The fourth-order valence-electron chi connectivity index (χ4n) is 5.53. The summed E-state index contributed by atoms with van der Waals surface area (Å²) in [6.07, 6.45) is 3.67. The van der Waals surface area contributed by atoms with Gasteiger partial charge in [0.25, 0.3) is 0 Å². The minimum Gasteiger partial charge on any atom is -0.481 e. The van der Waals surface area contributed by atoms with Crippen molar-refractivity contribution in [2.45, 2.75) is 71.3 Å². The predicted molar refractivity (Wildman–Crippen MR) is 144 cm³/mol. The number of likely N-dealkylation sites (tertiary alicyclic amines) is 1. The number of aromatic nitrogens is 4. The van der Waals surface area contributed by atoms with Crippen LogP contribution in [0, 0.1) is 19.7 Å². The minimum atomic E-state index is -0.632. The van der Waals surface area contributed by atoms with Crippen LogP contribution >= 0.6 is 0 Å². The molecule has 2 aliphatic heterocycles. The summed E-state index contributed by atoms with van der Waals surface area (Å²) in [4.78, 5) is 33.5. The van der Waals surface area contributed by atoms with E-state index < -0.39 is 11.7 Å². The lowest BCUT2D eigenvalue weighted by atomic mass is 9.86. The van der Waals surface area contributed by atoms with Gasteiger partial charge in [0.15, 0.2) is 0 Å². The standard InChI is InChI=1S/C29H35FN6O2/c1-16(2)26-32-17(3)11-24(34-26)22-12-20-7-8-29(35-27(20)33-19(22)5)9-10-36(15-29)28(37)18(4)21-13-25(38-6)31-14-23(21)30/h11-14,16,18H,7-10,15H2,1-6H3,(H,33,35)/t18-,29+/m1/s1. The van der Waals surface area contributed by atoms with E-state index in [0.29, 0.717) is 24.5 Å². The quantitative estimate of drug-likeness (QED) is 0.511. The molecule has 1 N–H and O–H groups in total. The minimum absolute atomic E-state index is 0.0961. The molecule has 3 aromatic rings. The summed E-state index contributed by atoms with van der Waals surface area (Å²) in [6.45, 7) is 11.1. The molecule has 2 atom stereocenters. The van der Waals surface area contributed by atoms with Gasteiger partial charge in [-0.15, -0.1) is 0 Å². The van der Waals surface area contributed by atoms with Crippen molar-refractivity contribution in [1.82, 2.24) is 24.8 Å². The highest BCUT2D eigenvalue weighted by Crippen LogP contribution is 2.39. The van der Waals surface area contributed by atoms with Gasteiger partial charge < -0.3 is 15.0 Å². The maximum atomic E-state index is 14.5. The summed E-state index contributed by atoms with van der Waals surface area (Å²) < 4.78 is 19.6. The first-order valence-electron chi connectivity index (χ1n) is 13.2. The van der Waals surface area contributed by atoms with Crippen LogP contribution in [-0.2, 0) is 11.2 Å². The topological polar surface area (TPSA) is 93.1 Å². The first-order chi connectivity index (χ1) is 18.1. The van der Waals surface area contributed by atoms with Gasteiger partial charge in [-0.05, 0) is 57.7 Å². The lowest BCUT2D eigenvalue weighted by molar-refractivity contribution is -0.131. The Morgan fingerprint density at radius 2 is 1.92 bits per heavy atom. The van der Waals surface area contributed by atoms with Crippen molar-refractivity contribution < 1.29 is 13.9 Å². The molecule has 8 nitrogen and oxygen atoms in total. The Balaban J connectivity index is 1.35. The zero-order chi connectivity index (χ0) is 27.2. The normalized spacial score (nSPS) is 19.4. The number of halogens is 1. The van der Waals surface area contributed by atoms with E-state index in [-0.39, 0.29) is 17.4 Å². The summed E-state index contributed by atoms with van der Waals surface area (Å²) in [6, 6.07) is 5.72. The molecule has 200 valence electrons. The van der Waals surface area contributed by atoms with E-state index in [4.69, 9.17) is 14.7 Å².